The molecule has 0 saturated heterocycles. The molecule has 1 unspecified atom stereocenters. The van der Waals surface area contributed by atoms with Crippen molar-refractivity contribution in [3.63, 3.8) is 0 Å². The number of nitrogens with one attached hydrogen (secondary N) is 1. The number of nitrogens with zero attached hydrogens (tertiary/aromatic N) is 2. The minimum Gasteiger partial charge on any atom is -0.484 e. The lowest BCUT2D eigenvalue weighted by atomic mass is 9.86. The zero-order valence-electron chi connectivity index (χ0n) is 16.8. The zero-order chi connectivity index (χ0) is 22.0. The Kier molecular flexibility index (Phi) is 6.54. The molecule has 2 rings (SSSR count). The quantitative estimate of drug-likeness (QED) is 0.550. The van der Waals surface area contributed by atoms with Gasteiger partial charge in [0.1, 0.15) is 17.3 Å². The van der Waals surface area contributed by atoms with E-state index in [1.165, 1.54) is 19.2 Å². The number of ether oxygens (including phenoxy) is 1. The molecule has 1 aliphatic carbocycles. The van der Waals surface area contributed by atoms with E-state index in [1.807, 2.05) is 0 Å². The Bertz CT molecular complexity index is 812. The maximum Gasteiger partial charge on any atom is 0.422 e. The lowest BCUT2D eigenvalue weighted by Gasteiger charge is -2.30. The first-order chi connectivity index (χ1) is 13.3. The van der Waals surface area contributed by atoms with E-state index in [2.05, 4.69) is 15.3 Å². The molecule has 3 N–H and O–H groups in total. The van der Waals surface area contributed by atoms with E-state index in [0.29, 0.717) is 5.56 Å². The van der Waals surface area contributed by atoms with Gasteiger partial charge in [0.25, 0.3) is 5.91 Å². The summed E-state index contributed by atoms with van der Waals surface area (Å²) in [6, 6.07) is 0.413. The van der Waals surface area contributed by atoms with Crippen molar-refractivity contribution in [3.8, 4) is 5.75 Å². The zero-order valence-corrected chi connectivity index (χ0v) is 16.8. The Balaban J connectivity index is 2.27. The van der Waals surface area contributed by atoms with Crippen LogP contribution < -0.4 is 15.8 Å². The first-order valence-corrected chi connectivity index (χ1v) is 9.13. The Hall–Kier alpha value is -2.65. The third-order valence-corrected chi connectivity index (χ3v) is 4.26. The van der Waals surface area contributed by atoms with Gasteiger partial charge in [-0.3, -0.25) is 14.6 Å². The standard InChI is InChI=1S/C19H25F3N4O3/c1-10(27)25-16(23)15(18(2,3)4)26-17(28)13-7-14(29-9-19(20,21)22)12(8-24-13)11-5-6-11/h7-8,11,15H,5-6,9H2,1-4H3,(H,26,28)(H2,23,25,27). The van der Waals surface area contributed by atoms with Crippen LogP contribution in [0.4, 0.5) is 13.2 Å². The van der Waals surface area contributed by atoms with Crippen molar-refractivity contribution in [1.29, 1.82) is 0 Å². The summed E-state index contributed by atoms with van der Waals surface area (Å²) in [5.74, 6) is -1.17. The highest BCUT2D eigenvalue weighted by Crippen LogP contribution is 2.44. The van der Waals surface area contributed by atoms with Gasteiger partial charge in [0.15, 0.2) is 6.61 Å². The molecule has 0 aliphatic heterocycles. The van der Waals surface area contributed by atoms with E-state index in [0.717, 1.165) is 12.8 Å². The van der Waals surface area contributed by atoms with Crippen LogP contribution in [0.15, 0.2) is 17.3 Å². The van der Waals surface area contributed by atoms with Crippen LogP contribution in [0.2, 0.25) is 0 Å². The topological polar surface area (TPSA) is 107 Å². The Morgan fingerprint density at radius 3 is 2.45 bits per heavy atom. The number of hydrogen-bond acceptors (Lipinski definition) is 4. The third kappa shape index (κ3) is 6.72. The van der Waals surface area contributed by atoms with E-state index >= 15 is 0 Å². The average molecular weight is 414 g/mol. The number of aliphatic imine (C=N–C) groups is 1. The molecule has 0 aromatic carbocycles. The maximum absolute atomic E-state index is 12.7. The highest BCUT2D eigenvalue weighted by molar-refractivity contribution is 6.00. The summed E-state index contributed by atoms with van der Waals surface area (Å²) < 4.78 is 42.6. The van der Waals surface area contributed by atoms with Gasteiger partial charge in [-0.05, 0) is 24.2 Å². The molecule has 1 atom stereocenters. The van der Waals surface area contributed by atoms with Crippen LogP contribution in [0.25, 0.3) is 0 Å². The summed E-state index contributed by atoms with van der Waals surface area (Å²) in [7, 11) is 0. The van der Waals surface area contributed by atoms with Gasteiger partial charge in [0.05, 0.1) is 6.04 Å². The highest BCUT2D eigenvalue weighted by Gasteiger charge is 2.34. The van der Waals surface area contributed by atoms with Crippen molar-refractivity contribution in [1.82, 2.24) is 10.3 Å². The van der Waals surface area contributed by atoms with Crippen LogP contribution in [0.1, 0.15) is 62.5 Å². The van der Waals surface area contributed by atoms with Crippen molar-refractivity contribution in [2.45, 2.75) is 58.7 Å². The van der Waals surface area contributed by atoms with Crippen LogP contribution in [0.3, 0.4) is 0 Å². The first-order valence-electron chi connectivity index (χ1n) is 9.13. The molecule has 1 aliphatic rings. The SMILES string of the molecule is CC(=O)N=C(N)C(NC(=O)c1cc(OCC(F)(F)F)c(C2CC2)cn1)C(C)(C)C. The van der Waals surface area contributed by atoms with Crippen LogP contribution in [-0.4, -0.2) is 41.5 Å². The molecule has 1 fully saturated rings. The van der Waals surface area contributed by atoms with E-state index in [9.17, 15) is 22.8 Å². The summed E-state index contributed by atoms with van der Waals surface area (Å²) in [6.07, 6.45) is -1.46. The fraction of sp³-hybridized carbons (Fsp3) is 0.579. The number of amidine groups is 1. The molecule has 1 saturated carbocycles. The van der Waals surface area contributed by atoms with E-state index < -0.39 is 36.1 Å². The van der Waals surface area contributed by atoms with E-state index in [-0.39, 0.29) is 23.2 Å². The van der Waals surface area contributed by atoms with Gasteiger partial charge in [-0.1, -0.05) is 20.8 Å². The van der Waals surface area contributed by atoms with Crippen molar-refractivity contribution in [2.24, 2.45) is 16.1 Å². The maximum atomic E-state index is 12.7. The van der Waals surface area contributed by atoms with Gasteiger partial charge in [0.2, 0.25) is 5.91 Å². The highest BCUT2D eigenvalue weighted by atomic mass is 19.4. The predicted octanol–water partition coefficient (Wildman–Crippen LogP) is 2.95. The number of alkyl halides is 3. The molecule has 10 heteroatoms. The van der Waals surface area contributed by atoms with Gasteiger partial charge in [-0.15, -0.1) is 0 Å². The Labute approximate surface area is 166 Å². The van der Waals surface area contributed by atoms with Crippen molar-refractivity contribution in [2.75, 3.05) is 6.61 Å². The summed E-state index contributed by atoms with van der Waals surface area (Å²) in [4.78, 5) is 31.7. The van der Waals surface area contributed by atoms with Gasteiger partial charge < -0.3 is 15.8 Å². The minimum atomic E-state index is -4.50. The normalized spacial score (nSPS) is 16.3. The van der Waals surface area contributed by atoms with Crippen LogP contribution >= 0.6 is 0 Å². The summed E-state index contributed by atoms with van der Waals surface area (Å²) in [5, 5.41) is 2.66. The number of halogens is 3. The summed E-state index contributed by atoms with van der Waals surface area (Å²) in [6.45, 7) is 5.16. The fourth-order valence-electron chi connectivity index (χ4n) is 2.74. The Morgan fingerprint density at radius 2 is 1.97 bits per heavy atom. The number of hydrogen-bond donors (Lipinski definition) is 2. The predicted molar refractivity (Wildman–Crippen MR) is 101 cm³/mol. The van der Waals surface area contributed by atoms with Crippen LogP contribution in [0, 0.1) is 5.41 Å². The largest absolute Gasteiger partial charge is 0.484 e. The molecule has 1 aromatic rings. The number of rotatable bonds is 6. The smallest absolute Gasteiger partial charge is 0.422 e. The fourth-order valence-corrected chi connectivity index (χ4v) is 2.74. The molecule has 0 bridgehead atoms. The second-order valence-corrected chi connectivity index (χ2v) is 8.11. The summed E-state index contributed by atoms with van der Waals surface area (Å²) >= 11 is 0. The summed E-state index contributed by atoms with van der Waals surface area (Å²) in [5.41, 5.74) is 5.73. The number of carbonyl (C=O) groups is 2. The van der Waals surface area contributed by atoms with Gasteiger partial charge >= 0.3 is 6.18 Å². The monoisotopic (exact) mass is 414 g/mol. The van der Waals surface area contributed by atoms with Crippen LogP contribution in [0.5, 0.6) is 5.75 Å². The molecule has 0 spiro atoms. The van der Waals surface area contributed by atoms with Crippen molar-refractivity contribution in [3.05, 3.63) is 23.5 Å². The Morgan fingerprint density at radius 1 is 1.34 bits per heavy atom. The van der Waals surface area contributed by atoms with Gasteiger partial charge in [-0.2, -0.15) is 18.2 Å². The second kappa shape index (κ2) is 8.38. The molecule has 1 aromatic heterocycles. The van der Waals surface area contributed by atoms with Crippen LogP contribution in [-0.2, 0) is 4.79 Å². The van der Waals surface area contributed by atoms with Crippen molar-refractivity contribution < 1.29 is 27.5 Å². The number of nitrogens with two attached hydrogens (primary N) is 1. The second-order valence-electron chi connectivity index (χ2n) is 8.11. The number of pyridine rings is 1. The first kappa shape index (κ1) is 22.6. The number of aromatic nitrogens is 1. The van der Waals surface area contributed by atoms with Gasteiger partial charge in [0, 0.05) is 24.8 Å². The molecule has 0 radical (unpaired) electrons. The van der Waals surface area contributed by atoms with Gasteiger partial charge in [-0.25, -0.2) is 0 Å². The lowest BCUT2D eigenvalue weighted by Crippen LogP contribution is -2.52. The van der Waals surface area contributed by atoms with Crippen molar-refractivity contribution >= 4 is 17.6 Å². The average Bonchev–Trinajstić information content (AvgIpc) is 3.39. The number of amides is 2. The number of carbonyl (C=O) groups excluding carboxylic acids is 2. The van der Waals surface area contributed by atoms with E-state index in [4.69, 9.17) is 10.5 Å². The molecular formula is C19H25F3N4O3. The molecule has 160 valence electrons. The molecular weight excluding hydrogens is 389 g/mol. The third-order valence-electron chi connectivity index (χ3n) is 4.26. The lowest BCUT2D eigenvalue weighted by molar-refractivity contribution is -0.153. The minimum absolute atomic E-state index is 0.0114. The molecule has 1 heterocycles. The molecule has 2 amide bonds. The molecule has 29 heavy (non-hydrogen) atoms. The van der Waals surface area contributed by atoms with E-state index in [1.54, 1.807) is 20.8 Å². The molecule has 7 nitrogen and oxygen atoms in total.